The molecule has 3 N–H and O–H groups in total. The molecule has 1 aromatic carbocycles. The lowest BCUT2D eigenvalue weighted by Crippen LogP contribution is -2.24. The van der Waals surface area contributed by atoms with Crippen molar-refractivity contribution in [2.75, 3.05) is 20.2 Å². The average Bonchev–Trinajstić information content (AvgIpc) is 2.67. The van der Waals surface area contributed by atoms with E-state index in [1.54, 1.807) is 7.11 Å². The van der Waals surface area contributed by atoms with Crippen LogP contribution in [0.1, 0.15) is 36.8 Å². The molecule has 1 saturated heterocycles. The molecule has 4 heteroatoms. The number of nitrogens with two attached hydrogens (primary N) is 1. The molecule has 0 aromatic heterocycles. The van der Waals surface area contributed by atoms with Crippen molar-refractivity contribution in [3.63, 3.8) is 0 Å². The predicted octanol–water partition coefficient (Wildman–Crippen LogP) is 2.36. The van der Waals surface area contributed by atoms with Crippen LogP contribution in [0.5, 0.6) is 5.75 Å². The van der Waals surface area contributed by atoms with E-state index in [-0.39, 0.29) is 5.84 Å². The van der Waals surface area contributed by atoms with Crippen molar-refractivity contribution in [2.24, 2.45) is 5.73 Å². The van der Waals surface area contributed by atoms with E-state index in [2.05, 4.69) is 4.90 Å². The highest BCUT2D eigenvalue weighted by molar-refractivity contribution is 5.95. The molecule has 0 saturated carbocycles. The van der Waals surface area contributed by atoms with Crippen molar-refractivity contribution in [1.29, 1.82) is 5.41 Å². The van der Waals surface area contributed by atoms with Crippen molar-refractivity contribution in [3.8, 4) is 5.75 Å². The van der Waals surface area contributed by atoms with Crippen LogP contribution in [-0.2, 0) is 6.54 Å². The molecule has 0 unspecified atom stereocenters. The quantitative estimate of drug-likeness (QED) is 0.646. The first-order chi connectivity index (χ1) is 9.20. The Morgan fingerprint density at radius 1 is 1.26 bits per heavy atom. The van der Waals surface area contributed by atoms with Gasteiger partial charge in [0.15, 0.2) is 0 Å². The molecule has 0 spiro atoms. The van der Waals surface area contributed by atoms with Gasteiger partial charge in [-0.25, -0.2) is 0 Å². The monoisotopic (exact) mass is 261 g/mol. The summed E-state index contributed by atoms with van der Waals surface area (Å²) in [5.41, 5.74) is 7.45. The number of nitrogen functional groups attached to an aromatic ring is 1. The molecule has 0 amide bonds. The predicted molar refractivity (Wildman–Crippen MR) is 77.8 cm³/mol. The lowest BCUT2D eigenvalue weighted by molar-refractivity contribution is 0.271. The molecule has 0 atom stereocenters. The smallest absolute Gasteiger partial charge is 0.123 e. The number of ether oxygens (including phenoxy) is 1. The van der Waals surface area contributed by atoms with Crippen LogP contribution >= 0.6 is 0 Å². The minimum Gasteiger partial charge on any atom is -0.496 e. The molecule has 4 nitrogen and oxygen atoms in total. The van der Waals surface area contributed by atoms with E-state index in [1.165, 1.54) is 25.7 Å². The Morgan fingerprint density at radius 3 is 2.53 bits per heavy atom. The largest absolute Gasteiger partial charge is 0.496 e. The summed E-state index contributed by atoms with van der Waals surface area (Å²) in [6, 6.07) is 5.73. The zero-order chi connectivity index (χ0) is 13.7. The number of amidine groups is 1. The Labute approximate surface area is 115 Å². The lowest BCUT2D eigenvalue weighted by atomic mass is 10.1. The Hall–Kier alpha value is -1.55. The second kappa shape index (κ2) is 6.57. The molecule has 0 radical (unpaired) electrons. The van der Waals surface area contributed by atoms with Gasteiger partial charge in [0.1, 0.15) is 11.6 Å². The minimum atomic E-state index is 0.111. The first kappa shape index (κ1) is 13.9. The molecule has 1 aliphatic heterocycles. The van der Waals surface area contributed by atoms with Crippen LogP contribution in [0, 0.1) is 5.41 Å². The van der Waals surface area contributed by atoms with Crippen LogP contribution in [0.4, 0.5) is 0 Å². The van der Waals surface area contributed by atoms with Crippen molar-refractivity contribution in [3.05, 3.63) is 29.3 Å². The molecular formula is C15H23N3O. The topological polar surface area (TPSA) is 62.3 Å². The zero-order valence-electron chi connectivity index (χ0n) is 11.6. The normalized spacial score (nSPS) is 16.9. The Balaban J connectivity index is 2.16. The SMILES string of the molecule is COc1ccc(C(=N)N)cc1CN1CCCCCC1. The van der Waals surface area contributed by atoms with Crippen LogP contribution in [0.25, 0.3) is 0 Å². The Morgan fingerprint density at radius 2 is 1.95 bits per heavy atom. The van der Waals surface area contributed by atoms with E-state index in [0.29, 0.717) is 0 Å². The summed E-state index contributed by atoms with van der Waals surface area (Å²) >= 11 is 0. The van der Waals surface area contributed by atoms with Crippen LogP contribution in [0.3, 0.4) is 0 Å². The molecule has 1 heterocycles. The van der Waals surface area contributed by atoms with Crippen LogP contribution < -0.4 is 10.5 Å². The van der Waals surface area contributed by atoms with Crippen LogP contribution in [0.2, 0.25) is 0 Å². The van der Waals surface area contributed by atoms with Gasteiger partial charge in [0, 0.05) is 17.7 Å². The number of rotatable bonds is 4. The summed E-state index contributed by atoms with van der Waals surface area (Å²) < 4.78 is 5.41. The van der Waals surface area contributed by atoms with Gasteiger partial charge in [-0.05, 0) is 44.1 Å². The van der Waals surface area contributed by atoms with E-state index < -0.39 is 0 Å². The van der Waals surface area contributed by atoms with Crippen molar-refractivity contribution >= 4 is 5.84 Å². The Bertz CT molecular complexity index is 437. The van der Waals surface area contributed by atoms with Gasteiger partial charge in [-0.2, -0.15) is 0 Å². The van der Waals surface area contributed by atoms with Crippen molar-refractivity contribution in [2.45, 2.75) is 32.2 Å². The van der Waals surface area contributed by atoms with E-state index in [0.717, 1.165) is 36.5 Å². The summed E-state index contributed by atoms with van der Waals surface area (Å²) in [6.45, 7) is 3.17. The minimum absolute atomic E-state index is 0.111. The molecule has 104 valence electrons. The highest BCUT2D eigenvalue weighted by Crippen LogP contribution is 2.23. The standard InChI is InChI=1S/C15H23N3O/c1-19-14-7-6-12(15(16)17)10-13(14)11-18-8-4-2-3-5-9-18/h6-7,10H,2-5,8-9,11H2,1H3,(H3,16,17). The first-order valence-electron chi connectivity index (χ1n) is 6.94. The maximum atomic E-state index is 7.54. The highest BCUT2D eigenvalue weighted by atomic mass is 16.5. The molecule has 2 rings (SSSR count). The van der Waals surface area contributed by atoms with Gasteiger partial charge in [0.25, 0.3) is 0 Å². The number of nitrogens with one attached hydrogen (secondary N) is 1. The number of likely N-dealkylation sites (tertiary alicyclic amines) is 1. The van der Waals surface area contributed by atoms with Crippen molar-refractivity contribution in [1.82, 2.24) is 4.90 Å². The third kappa shape index (κ3) is 3.70. The summed E-state index contributed by atoms with van der Waals surface area (Å²) in [4.78, 5) is 2.47. The highest BCUT2D eigenvalue weighted by Gasteiger charge is 2.13. The average molecular weight is 261 g/mol. The van der Waals surface area contributed by atoms with Gasteiger partial charge in [-0.1, -0.05) is 12.8 Å². The fourth-order valence-corrected chi connectivity index (χ4v) is 2.60. The van der Waals surface area contributed by atoms with Crippen molar-refractivity contribution < 1.29 is 4.74 Å². The van der Waals surface area contributed by atoms with Crippen LogP contribution in [0.15, 0.2) is 18.2 Å². The maximum absolute atomic E-state index is 7.54. The molecule has 1 fully saturated rings. The fourth-order valence-electron chi connectivity index (χ4n) is 2.60. The number of benzene rings is 1. The molecule has 0 aliphatic carbocycles. The van der Waals surface area contributed by atoms with Gasteiger partial charge in [0.05, 0.1) is 7.11 Å². The first-order valence-corrected chi connectivity index (χ1v) is 6.94. The van der Waals surface area contributed by atoms with E-state index in [9.17, 15) is 0 Å². The molecule has 19 heavy (non-hydrogen) atoms. The molecule has 1 aliphatic rings. The molecular weight excluding hydrogens is 238 g/mol. The molecule has 1 aromatic rings. The number of hydrogen-bond acceptors (Lipinski definition) is 3. The molecule has 0 bridgehead atoms. The van der Waals surface area contributed by atoms with Gasteiger partial charge < -0.3 is 10.5 Å². The third-order valence-electron chi connectivity index (χ3n) is 3.68. The van der Waals surface area contributed by atoms with Gasteiger partial charge in [-0.3, -0.25) is 10.3 Å². The summed E-state index contributed by atoms with van der Waals surface area (Å²) in [7, 11) is 1.69. The number of nitrogens with zero attached hydrogens (tertiary/aromatic N) is 1. The van der Waals surface area contributed by atoms with Gasteiger partial charge >= 0.3 is 0 Å². The second-order valence-electron chi connectivity index (χ2n) is 5.13. The lowest BCUT2D eigenvalue weighted by Gasteiger charge is -2.21. The van der Waals surface area contributed by atoms with E-state index in [4.69, 9.17) is 15.9 Å². The second-order valence-corrected chi connectivity index (χ2v) is 5.13. The van der Waals surface area contributed by atoms with Gasteiger partial charge in [-0.15, -0.1) is 0 Å². The maximum Gasteiger partial charge on any atom is 0.123 e. The summed E-state index contributed by atoms with van der Waals surface area (Å²) in [6.07, 6.45) is 5.21. The number of methoxy groups -OCH3 is 1. The zero-order valence-corrected chi connectivity index (χ0v) is 11.6. The summed E-state index contributed by atoms with van der Waals surface area (Å²) in [5.74, 6) is 0.994. The number of hydrogen-bond donors (Lipinski definition) is 2. The van der Waals surface area contributed by atoms with E-state index >= 15 is 0 Å². The van der Waals surface area contributed by atoms with Gasteiger partial charge in [0.2, 0.25) is 0 Å². The summed E-state index contributed by atoms with van der Waals surface area (Å²) in [5, 5.41) is 7.54. The van der Waals surface area contributed by atoms with E-state index in [1.807, 2.05) is 18.2 Å². The fraction of sp³-hybridized carbons (Fsp3) is 0.533. The van der Waals surface area contributed by atoms with Crippen LogP contribution in [-0.4, -0.2) is 30.9 Å². The Kier molecular flexibility index (Phi) is 4.80. The third-order valence-corrected chi connectivity index (χ3v) is 3.68.